The third-order valence-corrected chi connectivity index (χ3v) is 4.42. The first-order valence-corrected chi connectivity index (χ1v) is 7.58. The Hall–Kier alpha value is -1.45. The van der Waals surface area contributed by atoms with Crippen LogP contribution in [-0.2, 0) is 6.42 Å². The quantitative estimate of drug-likeness (QED) is 0.801. The highest BCUT2D eigenvalue weighted by Gasteiger charge is 2.27. The van der Waals surface area contributed by atoms with E-state index >= 15 is 0 Å². The molecule has 5 heteroatoms. The summed E-state index contributed by atoms with van der Waals surface area (Å²) in [5, 5.41) is 4.20. The lowest BCUT2D eigenvalue weighted by Gasteiger charge is -2.23. The number of urea groups is 1. The first-order valence-electron chi connectivity index (χ1n) is 6.82. The molecule has 1 unspecified atom stereocenters. The zero-order valence-corrected chi connectivity index (χ0v) is 13.3. The van der Waals surface area contributed by atoms with Gasteiger partial charge in [0.25, 0.3) is 0 Å². The summed E-state index contributed by atoms with van der Waals surface area (Å²) in [5.41, 5.74) is 2.09. The molecule has 0 heterocycles. The monoisotopic (exact) mass is 324 g/mol. The van der Waals surface area contributed by atoms with E-state index in [0.717, 1.165) is 24.0 Å². The Morgan fingerprint density at radius 1 is 1.33 bits per heavy atom. The fourth-order valence-corrected chi connectivity index (χ4v) is 3.02. The van der Waals surface area contributed by atoms with Crippen molar-refractivity contribution < 1.29 is 4.79 Å². The molecule has 0 saturated carbocycles. The van der Waals surface area contributed by atoms with Crippen molar-refractivity contribution in [1.82, 2.24) is 10.2 Å². The van der Waals surface area contributed by atoms with E-state index in [4.69, 9.17) is 23.2 Å². The average Bonchev–Trinajstić information content (AvgIpc) is 2.86. The van der Waals surface area contributed by atoms with E-state index in [9.17, 15) is 4.79 Å². The number of nitrogens with zero attached hydrogens (tertiary/aromatic N) is 1. The van der Waals surface area contributed by atoms with Crippen molar-refractivity contribution in [2.75, 3.05) is 13.1 Å². The fraction of sp³-hybridized carbons (Fsp3) is 0.312. The Balaban J connectivity index is 2.12. The first-order chi connectivity index (χ1) is 10.1. The Morgan fingerprint density at radius 2 is 2.00 bits per heavy atom. The van der Waals surface area contributed by atoms with Crippen molar-refractivity contribution in [3.8, 4) is 0 Å². The number of hydrogen-bond acceptors (Lipinski definition) is 1. The van der Waals surface area contributed by atoms with Gasteiger partial charge in [0.05, 0.1) is 16.1 Å². The van der Waals surface area contributed by atoms with Crippen molar-refractivity contribution >= 4 is 29.2 Å². The summed E-state index contributed by atoms with van der Waals surface area (Å²) in [6, 6.07) is 3.56. The Morgan fingerprint density at radius 3 is 2.62 bits per heavy atom. The van der Waals surface area contributed by atoms with Crippen LogP contribution in [0.15, 0.2) is 37.4 Å². The summed E-state index contributed by atoms with van der Waals surface area (Å²) in [6.45, 7) is 8.30. The number of carbonyl (C=O) groups is 1. The average molecular weight is 325 g/mol. The topological polar surface area (TPSA) is 32.3 Å². The Kier molecular flexibility index (Phi) is 5.32. The molecule has 1 aliphatic carbocycles. The lowest BCUT2D eigenvalue weighted by Crippen LogP contribution is -2.41. The van der Waals surface area contributed by atoms with Crippen molar-refractivity contribution in [2.45, 2.75) is 18.9 Å². The predicted octanol–water partition coefficient (Wildman–Crippen LogP) is 4.36. The lowest BCUT2D eigenvalue weighted by molar-refractivity contribution is 0.204. The van der Waals surface area contributed by atoms with Gasteiger partial charge in [-0.05, 0) is 30.0 Å². The van der Waals surface area contributed by atoms with Crippen LogP contribution in [0.1, 0.15) is 23.6 Å². The van der Waals surface area contributed by atoms with Gasteiger partial charge in [-0.1, -0.05) is 41.4 Å². The molecule has 2 rings (SSSR count). The summed E-state index contributed by atoms with van der Waals surface area (Å²) < 4.78 is 0. The molecule has 2 amide bonds. The number of carbonyl (C=O) groups excluding carboxylic acids is 1. The molecule has 0 saturated heterocycles. The van der Waals surface area contributed by atoms with Crippen molar-refractivity contribution in [2.24, 2.45) is 0 Å². The maximum Gasteiger partial charge on any atom is 0.318 e. The van der Waals surface area contributed by atoms with Gasteiger partial charge in [0.2, 0.25) is 0 Å². The van der Waals surface area contributed by atoms with Crippen LogP contribution in [-0.4, -0.2) is 24.0 Å². The number of nitrogens with one attached hydrogen (secondary N) is 1. The van der Waals surface area contributed by atoms with Gasteiger partial charge in [-0.2, -0.15) is 0 Å². The minimum absolute atomic E-state index is 0.0283. The number of hydrogen-bond donors (Lipinski definition) is 1. The van der Waals surface area contributed by atoms with Crippen LogP contribution < -0.4 is 5.32 Å². The Labute approximate surface area is 135 Å². The molecule has 1 N–H and O–H groups in total. The van der Waals surface area contributed by atoms with Crippen LogP contribution in [0.3, 0.4) is 0 Å². The van der Waals surface area contributed by atoms with E-state index in [-0.39, 0.29) is 12.1 Å². The van der Waals surface area contributed by atoms with Gasteiger partial charge < -0.3 is 10.2 Å². The van der Waals surface area contributed by atoms with Gasteiger partial charge in [0.15, 0.2) is 0 Å². The number of rotatable bonds is 5. The van der Waals surface area contributed by atoms with Gasteiger partial charge in [-0.3, -0.25) is 0 Å². The molecular weight excluding hydrogens is 307 g/mol. The molecule has 0 aromatic heterocycles. The number of amides is 2. The second-order valence-electron chi connectivity index (χ2n) is 4.95. The second kappa shape index (κ2) is 7.01. The van der Waals surface area contributed by atoms with Gasteiger partial charge in [-0.25, -0.2) is 4.79 Å². The second-order valence-corrected chi connectivity index (χ2v) is 5.74. The van der Waals surface area contributed by atoms with Crippen molar-refractivity contribution in [3.05, 3.63) is 58.6 Å². The van der Waals surface area contributed by atoms with Crippen LogP contribution in [0.2, 0.25) is 10.0 Å². The van der Waals surface area contributed by atoms with Crippen molar-refractivity contribution in [3.63, 3.8) is 0 Å². The number of fused-ring (bicyclic) bond motifs is 1. The molecule has 0 aliphatic heterocycles. The van der Waals surface area contributed by atoms with E-state index in [1.807, 2.05) is 6.07 Å². The fourth-order valence-electron chi connectivity index (χ4n) is 2.57. The summed E-state index contributed by atoms with van der Waals surface area (Å²) in [4.78, 5) is 13.9. The zero-order valence-electron chi connectivity index (χ0n) is 11.7. The summed E-state index contributed by atoms with van der Waals surface area (Å²) in [7, 11) is 0. The Bertz CT molecular complexity index is 562. The molecule has 1 atom stereocenters. The molecule has 0 bridgehead atoms. The summed E-state index contributed by atoms with van der Waals surface area (Å²) >= 11 is 12.2. The molecule has 1 aromatic carbocycles. The van der Waals surface area contributed by atoms with E-state index in [1.54, 1.807) is 23.1 Å². The molecule has 0 spiro atoms. The molecule has 0 fully saturated rings. The highest BCUT2D eigenvalue weighted by atomic mass is 35.5. The third kappa shape index (κ3) is 3.42. The van der Waals surface area contributed by atoms with E-state index in [1.165, 1.54) is 0 Å². The third-order valence-electron chi connectivity index (χ3n) is 3.57. The van der Waals surface area contributed by atoms with E-state index in [0.29, 0.717) is 23.1 Å². The molecule has 1 aromatic rings. The van der Waals surface area contributed by atoms with Crippen LogP contribution in [0.5, 0.6) is 0 Å². The van der Waals surface area contributed by atoms with E-state index in [2.05, 4.69) is 18.5 Å². The van der Waals surface area contributed by atoms with Gasteiger partial charge in [0.1, 0.15) is 0 Å². The first kappa shape index (κ1) is 15.9. The molecular formula is C16H18Cl2N2O. The number of halogens is 2. The maximum atomic E-state index is 12.3. The highest BCUT2D eigenvalue weighted by Crippen LogP contribution is 2.39. The van der Waals surface area contributed by atoms with Crippen LogP contribution in [0, 0.1) is 0 Å². The highest BCUT2D eigenvalue weighted by molar-refractivity contribution is 6.42. The zero-order chi connectivity index (χ0) is 15.4. The van der Waals surface area contributed by atoms with Crippen molar-refractivity contribution in [1.29, 1.82) is 0 Å². The molecule has 0 radical (unpaired) electrons. The molecule has 3 nitrogen and oxygen atoms in total. The SMILES string of the molecule is C=CCN(CC=C)C(=O)NC1CCc2c1ccc(Cl)c2Cl. The predicted molar refractivity (Wildman–Crippen MR) is 88.0 cm³/mol. The standard InChI is InChI=1S/C16H18Cl2N2O/c1-3-9-20(10-4-2)16(21)19-14-8-6-12-11(14)5-7-13(17)15(12)18/h3-5,7,14H,1-2,6,8-10H2,(H,19,21). The lowest BCUT2D eigenvalue weighted by atomic mass is 10.1. The largest absolute Gasteiger partial charge is 0.331 e. The van der Waals surface area contributed by atoms with Gasteiger partial charge in [-0.15, -0.1) is 13.2 Å². The minimum atomic E-state index is -0.126. The van der Waals surface area contributed by atoms with Crippen LogP contribution >= 0.6 is 23.2 Å². The number of benzene rings is 1. The van der Waals surface area contributed by atoms with Gasteiger partial charge >= 0.3 is 6.03 Å². The normalized spacial score (nSPS) is 16.2. The van der Waals surface area contributed by atoms with Crippen LogP contribution in [0.4, 0.5) is 4.79 Å². The molecule has 1 aliphatic rings. The molecule has 112 valence electrons. The summed E-state index contributed by atoms with van der Waals surface area (Å²) in [6.07, 6.45) is 5.05. The van der Waals surface area contributed by atoms with Gasteiger partial charge in [0, 0.05) is 13.1 Å². The smallest absolute Gasteiger partial charge is 0.318 e. The molecule has 21 heavy (non-hydrogen) atoms. The maximum absolute atomic E-state index is 12.3. The van der Waals surface area contributed by atoms with Crippen LogP contribution in [0.25, 0.3) is 0 Å². The minimum Gasteiger partial charge on any atom is -0.331 e. The summed E-state index contributed by atoms with van der Waals surface area (Å²) in [5.74, 6) is 0. The van der Waals surface area contributed by atoms with E-state index < -0.39 is 0 Å².